The number of aryl methyl sites for hydroxylation is 1. The maximum Gasteiger partial charge on any atom is 0.271 e. The molecule has 1 N–H and O–H groups in total. The topological polar surface area (TPSA) is 29.1 Å². The summed E-state index contributed by atoms with van der Waals surface area (Å²) in [6.45, 7) is 2.04. The summed E-state index contributed by atoms with van der Waals surface area (Å²) in [7, 11) is 0. The molecule has 16 heavy (non-hydrogen) atoms. The molecule has 0 aliphatic heterocycles. The van der Waals surface area contributed by atoms with Gasteiger partial charge in [-0.1, -0.05) is 23.8 Å². The fraction of sp³-hybridized carbons (Fsp3) is 0.0833. The molecule has 0 saturated carbocycles. The predicted octanol–water partition coefficient (Wildman–Crippen LogP) is 3.49. The number of amides is 1. The molecule has 1 heterocycles. The highest BCUT2D eigenvalue weighted by atomic mass is 32.2. The van der Waals surface area contributed by atoms with Crippen LogP contribution in [0.3, 0.4) is 0 Å². The molecule has 0 bridgehead atoms. The normalized spacial score (nSPS) is 10.1. The van der Waals surface area contributed by atoms with Crippen molar-refractivity contribution in [3.05, 3.63) is 52.2 Å². The standard InChI is InChI=1S/C12H11NOS2/c1-9-4-6-10(7-5-9)16-13-12(14)11-3-2-8-15-11/h2-8H,1H3,(H,13,14). The summed E-state index contributed by atoms with van der Waals surface area (Å²) in [6.07, 6.45) is 0. The average Bonchev–Trinajstić information content (AvgIpc) is 2.81. The molecule has 1 aromatic carbocycles. The van der Waals surface area contributed by atoms with E-state index >= 15 is 0 Å². The number of hydrogen-bond donors (Lipinski definition) is 1. The smallest absolute Gasteiger partial charge is 0.271 e. The molecule has 0 saturated heterocycles. The maximum atomic E-state index is 11.6. The van der Waals surface area contributed by atoms with Gasteiger partial charge in [0.2, 0.25) is 0 Å². The van der Waals surface area contributed by atoms with Crippen LogP contribution in [0.15, 0.2) is 46.7 Å². The van der Waals surface area contributed by atoms with Crippen LogP contribution in [0, 0.1) is 6.92 Å². The van der Waals surface area contributed by atoms with Crippen LogP contribution in [0.1, 0.15) is 15.2 Å². The molecule has 1 aromatic heterocycles. The van der Waals surface area contributed by atoms with Crippen molar-refractivity contribution < 1.29 is 4.79 Å². The van der Waals surface area contributed by atoms with Gasteiger partial charge in [-0.2, -0.15) is 0 Å². The Kier molecular flexibility index (Phi) is 3.64. The average molecular weight is 249 g/mol. The van der Waals surface area contributed by atoms with Gasteiger partial charge in [-0.15, -0.1) is 11.3 Å². The minimum Gasteiger partial charge on any atom is -0.291 e. The first-order chi connectivity index (χ1) is 7.75. The summed E-state index contributed by atoms with van der Waals surface area (Å²) in [5.74, 6) is -0.0411. The first kappa shape index (κ1) is 11.2. The van der Waals surface area contributed by atoms with Gasteiger partial charge in [-0.05, 0) is 42.5 Å². The Morgan fingerprint density at radius 3 is 2.62 bits per heavy atom. The lowest BCUT2D eigenvalue weighted by Gasteiger charge is -2.02. The first-order valence-electron chi connectivity index (χ1n) is 4.83. The van der Waals surface area contributed by atoms with Gasteiger partial charge in [0.15, 0.2) is 0 Å². The van der Waals surface area contributed by atoms with Gasteiger partial charge in [0.25, 0.3) is 5.91 Å². The van der Waals surface area contributed by atoms with Crippen LogP contribution in [0.4, 0.5) is 0 Å². The molecular weight excluding hydrogens is 238 g/mol. The molecule has 2 rings (SSSR count). The summed E-state index contributed by atoms with van der Waals surface area (Å²) in [4.78, 5) is 13.4. The summed E-state index contributed by atoms with van der Waals surface area (Å²) in [5.41, 5.74) is 1.22. The van der Waals surface area contributed by atoms with Gasteiger partial charge >= 0.3 is 0 Å². The lowest BCUT2D eigenvalue weighted by atomic mass is 10.2. The van der Waals surface area contributed by atoms with E-state index in [9.17, 15) is 4.79 Å². The number of hydrogen-bond acceptors (Lipinski definition) is 3. The Hall–Kier alpha value is -1.26. The van der Waals surface area contributed by atoms with Crippen molar-refractivity contribution in [3.8, 4) is 0 Å². The Balaban J connectivity index is 1.93. The SMILES string of the molecule is Cc1ccc(SNC(=O)c2cccs2)cc1. The molecule has 0 spiro atoms. The van der Waals surface area contributed by atoms with E-state index in [2.05, 4.69) is 4.72 Å². The maximum absolute atomic E-state index is 11.6. The van der Waals surface area contributed by atoms with E-state index in [-0.39, 0.29) is 5.91 Å². The number of nitrogens with one attached hydrogen (secondary N) is 1. The first-order valence-corrected chi connectivity index (χ1v) is 6.53. The van der Waals surface area contributed by atoms with Crippen LogP contribution in [-0.2, 0) is 0 Å². The van der Waals surface area contributed by atoms with Gasteiger partial charge in [0.1, 0.15) is 0 Å². The zero-order valence-electron chi connectivity index (χ0n) is 8.77. The number of carbonyl (C=O) groups excluding carboxylic acids is 1. The third-order valence-corrected chi connectivity index (χ3v) is 3.69. The van der Waals surface area contributed by atoms with Gasteiger partial charge in [-0.25, -0.2) is 0 Å². The monoisotopic (exact) mass is 249 g/mol. The van der Waals surface area contributed by atoms with Gasteiger partial charge < -0.3 is 0 Å². The largest absolute Gasteiger partial charge is 0.291 e. The number of rotatable bonds is 3. The zero-order chi connectivity index (χ0) is 11.4. The van der Waals surface area contributed by atoms with Crippen LogP contribution in [-0.4, -0.2) is 5.91 Å². The van der Waals surface area contributed by atoms with Crippen molar-refractivity contribution in [2.45, 2.75) is 11.8 Å². The van der Waals surface area contributed by atoms with Crippen molar-refractivity contribution in [2.75, 3.05) is 0 Å². The van der Waals surface area contributed by atoms with Crippen molar-refractivity contribution >= 4 is 29.2 Å². The molecule has 1 amide bonds. The Bertz CT molecular complexity index is 462. The highest BCUT2D eigenvalue weighted by Crippen LogP contribution is 2.17. The van der Waals surface area contributed by atoms with Gasteiger partial charge in [0, 0.05) is 4.90 Å². The van der Waals surface area contributed by atoms with Crippen molar-refractivity contribution in [1.82, 2.24) is 4.72 Å². The Morgan fingerprint density at radius 2 is 2.00 bits per heavy atom. The summed E-state index contributed by atoms with van der Waals surface area (Å²) < 4.78 is 2.81. The molecule has 0 aliphatic carbocycles. The number of thiophene rings is 1. The van der Waals surface area contributed by atoms with Crippen LogP contribution in [0.5, 0.6) is 0 Å². The molecule has 0 atom stereocenters. The molecule has 2 nitrogen and oxygen atoms in total. The van der Waals surface area contributed by atoms with E-state index in [1.807, 2.05) is 48.7 Å². The molecular formula is C12H11NOS2. The van der Waals surface area contributed by atoms with Crippen LogP contribution < -0.4 is 4.72 Å². The molecule has 0 radical (unpaired) electrons. The summed E-state index contributed by atoms with van der Waals surface area (Å²) in [5, 5.41) is 1.89. The van der Waals surface area contributed by atoms with E-state index in [0.717, 1.165) is 9.77 Å². The third-order valence-electron chi connectivity index (χ3n) is 2.03. The second-order valence-corrected chi connectivity index (χ2v) is 5.15. The molecule has 0 fully saturated rings. The van der Waals surface area contributed by atoms with E-state index in [1.165, 1.54) is 28.8 Å². The minimum atomic E-state index is -0.0411. The van der Waals surface area contributed by atoms with Gasteiger partial charge in [0.05, 0.1) is 4.88 Å². The van der Waals surface area contributed by atoms with Crippen LogP contribution >= 0.6 is 23.3 Å². The summed E-state index contributed by atoms with van der Waals surface area (Å²) >= 11 is 2.79. The van der Waals surface area contributed by atoms with Crippen molar-refractivity contribution in [3.63, 3.8) is 0 Å². The predicted molar refractivity (Wildman–Crippen MR) is 68.8 cm³/mol. The van der Waals surface area contributed by atoms with E-state index < -0.39 is 0 Å². The van der Waals surface area contributed by atoms with E-state index in [4.69, 9.17) is 0 Å². The van der Waals surface area contributed by atoms with Gasteiger partial charge in [-0.3, -0.25) is 9.52 Å². The molecule has 0 aliphatic rings. The second-order valence-electron chi connectivity index (χ2n) is 3.32. The fourth-order valence-electron chi connectivity index (χ4n) is 1.17. The lowest BCUT2D eigenvalue weighted by molar-refractivity contribution is 0.0988. The highest BCUT2D eigenvalue weighted by Gasteiger charge is 2.05. The highest BCUT2D eigenvalue weighted by molar-refractivity contribution is 7.98. The van der Waals surface area contributed by atoms with E-state index in [1.54, 1.807) is 0 Å². The Morgan fingerprint density at radius 1 is 1.25 bits per heavy atom. The van der Waals surface area contributed by atoms with Crippen molar-refractivity contribution in [2.24, 2.45) is 0 Å². The van der Waals surface area contributed by atoms with Crippen LogP contribution in [0.2, 0.25) is 0 Å². The lowest BCUT2D eigenvalue weighted by Crippen LogP contribution is -2.13. The van der Waals surface area contributed by atoms with E-state index in [0.29, 0.717) is 0 Å². The van der Waals surface area contributed by atoms with Crippen LogP contribution in [0.25, 0.3) is 0 Å². The zero-order valence-corrected chi connectivity index (χ0v) is 10.4. The molecule has 0 unspecified atom stereocenters. The Labute approximate surface area is 103 Å². The fourth-order valence-corrected chi connectivity index (χ4v) is 2.45. The molecule has 2 aromatic rings. The molecule has 82 valence electrons. The van der Waals surface area contributed by atoms with Crippen molar-refractivity contribution in [1.29, 1.82) is 0 Å². The number of benzene rings is 1. The quantitative estimate of drug-likeness (QED) is 0.844. The summed E-state index contributed by atoms with van der Waals surface area (Å²) in [6, 6.07) is 11.7. The number of carbonyl (C=O) groups is 1. The molecule has 4 heteroatoms. The minimum absolute atomic E-state index is 0.0411. The third kappa shape index (κ3) is 2.87. The second kappa shape index (κ2) is 5.18.